The largest absolute Gasteiger partial charge is 0.374 e. The molecule has 0 bridgehead atoms. The van der Waals surface area contributed by atoms with Gasteiger partial charge in [-0.25, -0.2) is 0 Å². The lowest BCUT2D eigenvalue weighted by Gasteiger charge is -2.32. The lowest BCUT2D eigenvalue weighted by Crippen LogP contribution is -2.47. The number of hydrogen-bond acceptors (Lipinski definition) is 4. The number of amides is 1. The van der Waals surface area contributed by atoms with Crippen molar-refractivity contribution in [1.29, 1.82) is 0 Å². The third-order valence-electron chi connectivity index (χ3n) is 3.82. The molecular formula is C16H25N3O2. The van der Waals surface area contributed by atoms with Gasteiger partial charge >= 0.3 is 0 Å². The van der Waals surface area contributed by atoms with E-state index in [1.54, 1.807) is 0 Å². The minimum absolute atomic E-state index is 0.0349. The summed E-state index contributed by atoms with van der Waals surface area (Å²) in [4.78, 5) is 14.3. The lowest BCUT2D eigenvalue weighted by molar-refractivity contribution is -0.121. The van der Waals surface area contributed by atoms with Crippen molar-refractivity contribution >= 4 is 5.91 Å². The Labute approximate surface area is 126 Å². The van der Waals surface area contributed by atoms with Crippen LogP contribution in [0.3, 0.4) is 0 Å². The molecule has 1 saturated heterocycles. The predicted molar refractivity (Wildman–Crippen MR) is 82.9 cm³/mol. The number of hydrogen-bond donors (Lipinski definition) is 2. The smallest absolute Gasteiger partial charge is 0.224 e. The van der Waals surface area contributed by atoms with Gasteiger partial charge in [0.2, 0.25) is 5.91 Å². The molecule has 5 heteroatoms. The fourth-order valence-corrected chi connectivity index (χ4v) is 2.46. The van der Waals surface area contributed by atoms with Crippen LogP contribution in [-0.2, 0) is 22.5 Å². The first-order valence-corrected chi connectivity index (χ1v) is 7.59. The number of rotatable bonds is 6. The van der Waals surface area contributed by atoms with Gasteiger partial charge in [-0.15, -0.1) is 0 Å². The highest BCUT2D eigenvalue weighted by Gasteiger charge is 2.19. The van der Waals surface area contributed by atoms with E-state index in [0.29, 0.717) is 19.5 Å². The number of nitrogens with two attached hydrogens (primary N) is 1. The number of benzene rings is 1. The summed E-state index contributed by atoms with van der Waals surface area (Å²) in [6.07, 6.45) is 0.497. The zero-order valence-corrected chi connectivity index (χ0v) is 12.7. The molecule has 1 aromatic carbocycles. The normalized spacial score (nSPS) is 19.4. The molecule has 0 aliphatic carbocycles. The monoisotopic (exact) mass is 291 g/mol. The molecule has 5 nitrogen and oxygen atoms in total. The van der Waals surface area contributed by atoms with Gasteiger partial charge in [0.15, 0.2) is 0 Å². The third-order valence-corrected chi connectivity index (χ3v) is 3.82. The summed E-state index contributed by atoms with van der Waals surface area (Å²) in [6.45, 7) is 6.90. The average Bonchev–Trinajstić information content (AvgIpc) is 2.54. The van der Waals surface area contributed by atoms with Crippen LogP contribution in [0.25, 0.3) is 0 Å². The number of likely N-dealkylation sites (N-methyl/N-ethyl adjacent to an activating group) is 1. The minimum atomic E-state index is 0.0349. The highest BCUT2D eigenvalue weighted by atomic mass is 16.5. The molecule has 1 atom stereocenters. The number of carbonyl (C=O) groups excluding carboxylic acids is 1. The van der Waals surface area contributed by atoms with E-state index in [1.165, 1.54) is 0 Å². The van der Waals surface area contributed by atoms with Crippen molar-refractivity contribution in [3.8, 4) is 0 Å². The summed E-state index contributed by atoms with van der Waals surface area (Å²) in [5.74, 6) is 0.0349. The summed E-state index contributed by atoms with van der Waals surface area (Å²) < 4.78 is 5.67. The maximum atomic E-state index is 12.0. The first-order valence-electron chi connectivity index (χ1n) is 7.59. The Balaban J connectivity index is 1.73. The van der Waals surface area contributed by atoms with Crippen molar-refractivity contribution in [2.24, 2.45) is 5.73 Å². The van der Waals surface area contributed by atoms with Gasteiger partial charge < -0.3 is 15.8 Å². The van der Waals surface area contributed by atoms with E-state index in [1.807, 2.05) is 24.3 Å². The Bertz CT molecular complexity index is 447. The number of ether oxygens (including phenoxy) is 1. The molecule has 1 aromatic rings. The standard InChI is InChI=1S/C16H25N3O2/c1-2-19-7-8-21-15(12-19)11-18-16(20)9-13-3-5-14(10-17)6-4-13/h3-6,15H,2,7-12,17H2,1H3,(H,18,20). The van der Waals surface area contributed by atoms with Gasteiger partial charge in [-0.2, -0.15) is 0 Å². The van der Waals surface area contributed by atoms with Crippen molar-refractivity contribution < 1.29 is 9.53 Å². The number of morpholine rings is 1. The molecule has 0 spiro atoms. The summed E-state index contributed by atoms with van der Waals surface area (Å²) in [6, 6.07) is 7.84. The van der Waals surface area contributed by atoms with Gasteiger partial charge in [0.05, 0.1) is 19.1 Å². The molecule has 1 heterocycles. The Morgan fingerprint density at radius 3 is 2.76 bits per heavy atom. The van der Waals surface area contributed by atoms with E-state index >= 15 is 0 Å². The number of carbonyl (C=O) groups is 1. The second-order valence-corrected chi connectivity index (χ2v) is 5.39. The van der Waals surface area contributed by atoms with Crippen LogP contribution in [0.1, 0.15) is 18.1 Å². The van der Waals surface area contributed by atoms with E-state index < -0.39 is 0 Å². The quantitative estimate of drug-likeness (QED) is 0.802. The molecule has 1 aliphatic rings. The van der Waals surface area contributed by atoms with Crippen LogP contribution in [0.15, 0.2) is 24.3 Å². The number of nitrogens with one attached hydrogen (secondary N) is 1. The lowest BCUT2D eigenvalue weighted by atomic mass is 10.1. The van der Waals surface area contributed by atoms with Gasteiger partial charge in [0.1, 0.15) is 0 Å². The van der Waals surface area contributed by atoms with Crippen LogP contribution in [0.5, 0.6) is 0 Å². The van der Waals surface area contributed by atoms with Crippen LogP contribution in [0, 0.1) is 0 Å². The molecule has 1 unspecified atom stereocenters. The molecule has 0 radical (unpaired) electrons. The first kappa shape index (κ1) is 15.9. The Kier molecular flexibility index (Phi) is 6.17. The third kappa shape index (κ3) is 5.12. The van der Waals surface area contributed by atoms with Gasteiger partial charge in [-0.3, -0.25) is 9.69 Å². The SMILES string of the molecule is CCN1CCOC(CNC(=O)Cc2ccc(CN)cc2)C1. The van der Waals surface area contributed by atoms with Gasteiger partial charge in [-0.1, -0.05) is 31.2 Å². The maximum absolute atomic E-state index is 12.0. The fourth-order valence-electron chi connectivity index (χ4n) is 2.46. The minimum Gasteiger partial charge on any atom is -0.374 e. The van der Waals surface area contributed by atoms with E-state index in [4.69, 9.17) is 10.5 Å². The molecule has 0 aromatic heterocycles. The topological polar surface area (TPSA) is 67.6 Å². The van der Waals surface area contributed by atoms with Crippen LogP contribution >= 0.6 is 0 Å². The summed E-state index contributed by atoms with van der Waals surface area (Å²) >= 11 is 0. The van der Waals surface area contributed by atoms with Crippen molar-refractivity contribution in [3.05, 3.63) is 35.4 Å². The highest BCUT2D eigenvalue weighted by molar-refractivity contribution is 5.78. The van der Waals surface area contributed by atoms with Gasteiger partial charge in [0.25, 0.3) is 0 Å². The molecule has 1 aliphatic heterocycles. The van der Waals surface area contributed by atoms with Crippen molar-refractivity contribution in [3.63, 3.8) is 0 Å². The van der Waals surface area contributed by atoms with Crippen molar-refractivity contribution in [2.45, 2.75) is 26.0 Å². The Morgan fingerprint density at radius 2 is 2.10 bits per heavy atom. The molecule has 0 saturated carbocycles. The van der Waals surface area contributed by atoms with Crippen LogP contribution in [0.2, 0.25) is 0 Å². The second-order valence-electron chi connectivity index (χ2n) is 5.39. The summed E-state index contributed by atoms with van der Waals surface area (Å²) in [5.41, 5.74) is 7.64. The first-order chi connectivity index (χ1) is 10.2. The predicted octanol–water partition coefficient (Wildman–Crippen LogP) is 0.525. The van der Waals surface area contributed by atoms with Crippen molar-refractivity contribution in [1.82, 2.24) is 10.2 Å². The summed E-state index contributed by atoms with van der Waals surface area (Å²) in [7, 11) is 0. The zero-order valence-electron chi connectivity index (χ0n) is 12.7. The van der Waals surface area contributed by atoms with E-state index in [2.05, 4.69) is 17.1 Å². The molecule has 2 rings (SSSR count). The van der Waals surface area contributed by atoms with E-state index in [9.17, 15) is 4.79 Å². The molecular weight excluding hydrogens is 266 g/mol. The molecule has 3 N–H and O–H groups in total. The zero-order chi connectivity index (χ0) is 15.1. The Morgan fingerprint density at radius 1 is 1.38 bits per heavy atom. The van der Waals surface area contributed by atoms with Crippen LogP contribution in [0.4, 0.5) is 0 Å². The van der Waals surface area contributed by atoms with Crippen LogP contribution < -0.4 is 11.1 Å². The second kappa shape index (κ2) is 8.12. The molecule has 1 fully saturated rings. The van der Waals surface area contributed by atoms with Gasteiger partial charge in [-0.05, 0) is 17.7 Å². The molecule has 21 heavy (non-hydrogen) atoms. The summed E-state index contributed by atoms with van der Waals surface area (Å²) in [5, 5.41) is 2.96. The molecule has 116 valence electrons. The average molecular weight is 291 g/mol. The molecule has 1 amide bonds. The van der Waals surface area contributed by atoms with Crippen molar-refractivity contribution in [2.75, 3.05) is 32.8 Å². The Hall–Kier alpha value is -1.43. The highest BCUT2D eigenvalue weighted by Crippen LogP contribution is 2.06. The fraction of sp³-hybridized carbons (Fsp3) is 0.562. The van der Waals surface area contributed by atoms with E-state index in [0.717, 1.165) is 37.4 Å². The van der Waals surface area contributed by atoms with Crippen LogP contribution in [-0.4, -0.2) is 49.7 Å². The maximum Gasteiger partial charge on any atom is 0.224 e. The van der Waals surface area contributed by atoms with E-state index in [-0.39, 0.29) is 12.0 Å². The number of nitrogens with zero attached hydrogens (tertiary/aromatic N) is 1. The van der Waals surface area contributed by atoms with Gasteiger partial charge in [0, 0.05) is 26.2 Å².